The molecule has 7 nitrogen and oxygen atoms in total. The number of carbonyl (C=O) groups excluding carboxylic acids is 2. The van der Waals surface area contributed by atoms with Crippen LogP contribution in [0.25, 0.3) is 0 Å². The van der Waals surface area contributed by atoms with E-state index in [1.54, 1.807) is 24.3 Å². The summed E-state index contributed by atoms with van der Waals surface area (Å²) in [5.41, 5.74) is 4.80. The van der Waals surface area contributed by atoms with Crippen molar-refractivity contribution in [2.24, 2.45) is 0 Å². The zero-order valence-electron chi connectivity index (χ0n) is 25.2. The third kappa shape index (κ3) is 7.90. The quantitative estimate of drug-likeness (QED) is 0.231. The van der Waals surface area contributed by atoms with Gasteiger partial charge in [-0.15, -0.1) is 0 Å². The molecular weight excluding hydrogens is 558 g/mol. The van der Waals surface area contributed by atoms with Gasteiger partial charge in [-0.25, -0.2) is 8.42 Å². The molecule has 0 fully saturated rings. The van der Waals surface area contributed by atoms with E-state index in [1.165, 1.54) is 21.3 Å². The summed E-state index contributed by atoms with van der Waals surface area (Å²) in [4.78, 5) is 29.6. The molecule has 0 spiro atoms. The summed E-state index contributed by atoms with van der Waals surface area (Å²) >= 11 is 0. The number of benzene rings is 4. The standard InChI is InChI=1S/C35H39N3O4S/c1-5-36-35(40)33(23-29-12-8-6-9-13-29)37(24-30-20-17-26(2)18-21-30)34(39)25-38(32-22-27(3)16-19-28(32)4)43(41,42)31-14-10-7-11-15-31/h6-22,33H,5,23-25H2,1-4H3,(H,36,40). The fourth-order valence-corrected chi connectivity index (χ4v) is 6.45. The molecule has 0 heterocycles. The highest BCUT2D eigenvalue weighted by Crippen LogP contribution is 2.28. The molecule has 1 unspecified atom stereocenters. The Morgan fingerprint density at radius 1 is 0.767 bits per heavy atom. The number of hydrogen-bond donors (Lipinski definition) is 1. The van der Waals surface area contributed by atoms with Gasteiger partial charge in [-0.05, 0) is 68.1 Å². The minimum absolute atomic E-state index is 0.0818. The number of amides is 2. The molecule has 4 aromatic rings. The normalized spacial score (nSPS) is 11.9. The van der Waals surface area contributed by atoms with Crippen LogP contribution in [-0.2, 0) is 32.6 Å². The summed E-state index contributed by atoms with van der Waals surface area (Å²) in [5, 5.41) is 2.89. The Labute approximate surface area is 255 Å². The van der Waals surface area contributed by atoms with Crippen LogP contribution in [0, 0.1) is 20.8 Å². The maximum Gasteiger partial charge on any atom is 0.264 e. The lowest BCUT2D eigenvalue weighted by Crippen LogP contribution is -2.53. The van der Waals surface area contributed by atoms with Crippen molar-refractivity contribution in [3.63, 3.8) is 0 Å². The fourth-order valence-electron chi connectivity index (χ4n) is 4.96. The van der Waals surface area contributed by atoms with Gasteiger partial charge in [0.15, 0.2) is 0 Å². The molecule has 0 radical (unpaired) electrons. The van der Waals surface area contributed by atoms with Gasteiger partial charge in [0.25, 0.3) is 10.0 Å². The number of nitrogens with one attached hydrogen (secondary N) is 1. The molecule has 43 heavy (non-hydrogen) atoms. The van der Waals surface area contributed by atoms with Crippen molar-refractivity contribution in [3.8, 4) is 0 Å². The second kappa shape index (κ2) is 14.2. The maximum absolute atomic E-state index is 14.5. The number of rotatable bonds is 12. The Kier molecular flexibility index (Phi) is 10.4. The first-order valence-corrected chi connectivity index (χ1v) is 15.9. The van der Waals surface area contributed by atoms with Gasteiger partial charge in [0.05, 0.1) is 10.6 Å². The Morgan fingerprint density at radius 2 is 1.37 bits per heavy atom. The van der Waals surface area contributed by atoms with Crippen molar-refractivity contribution >= 4 is 27.5 Å². The summed E-state index contributed by atoms with van der Waals surface area (Å²) in [6.07, 6.45) is 0.277. The highest BCUT2D eigenvalue weighted by atomic mass is 32.2. The SMILES string of the molecule is CCNC(=O)C(Cc1ccccc1)N(Cc1ccc(C)cc1)C(=O)CN(c1cc(C)ccc1C)S(=O)(=O)c1ccccc1. The Morgan fingerprint density at radius 3 is 2.00 bits per heavy atom. The molecule has 2 amide bonds. The highest BCUT2D eigenvalue weighted by Gasteiger charge is 2.35. The molecule has 0 aliphatic heterocycles. The van der Waals surface area contributed by atoms with E-state index in [1.807, 2.05) is 94.4 Å². The molecule has 0 aromatic heterocycles. The second-order valence-electron chi connectivity index (χ2n) is 10.7. The van der Waals surface area contributed by atoms with Crippen LogP contribution in [0.1, 0.15) is 34.7 Å². The lowest BCUT2D eigenvalue weighted by Gasteiger charge is -2.34. The van der Waals surface area contributed by atoms with Crippen LogP contribution in [0.3, 0.4) is 0 Å². The zero-order valence-corrected chi connectivity index (χ0v) is 26.0. The van der Waals surface area contributed by atoms with E-state index in [-0.39, 0.29) is 23.8 Å². The number of likely N-dealkylation sites (N-methyl/N-ethyl adjacent to an activating group) is 1. The Hall–Kier alpha value is -4.43. The molecular formula is C35H39N3O4S. The van der Waals surface area contributed by atoms with Crippen molar-refractivity contribution in [1.82, 2.24) is 10.2 Å². The van der Waals surface area contributed by atoms with Gasteiger partial charge in [0, 0.05) is 19.5 Å². The van der Waals surface area contributed by atoms with E-state index in [0.29, 0.717) is 17.8 Å². The first-order valence-electron chi connectivity index (χ1n) is 14.4. The first-order chi connectivity index (χ1) is 20.6. The Bertz CT molecular complexity index is 1640. The monoisotopic (exact) mass is 597 g/mol. The van der Waals surface area contributed by atoms with E-state index in [2.05, 4.69) is 5.32 Å². The van der Waals surface area contributed by atoms with Crippen molar-refractivity contribution in [2.45, 2.75) is 51.6 Å². The van der Waals surface area contributed by atoms with Crippen LogP contribution in [-0.4, -0.2) is 44.3 Å². The minimum Gasteiger partial charge on any atom is -0.355 e. The molecule has 0 saturated heterocycles. The molecule has 4 rings (SSSR count). The number of aryl methyl sites for hydroxylation is 3. The largest absolute Gasteiger partial charge is 0.355 e. The third-order valence-corrected chi connectivity index (χ3v) is 9.11. The molecule has 4 aromatic carbocycles. The van der Waals surface area contributed by atoms with E-state index < -0.39 is 28.5 Å². The zero-order chi connectivity index (χ0) is 31.0. The van der Waals surface area contributed by atoms with Gasteiger partial charge < -0.3 is 10.2 Å². The summed E-state index contributed by atoms with van der Waals surface area (Å²) in [5.74, 6) is -0.774. The summed E-state index contributed by atoms with van der Waals surface area (Å²) < 4.78 is 29.4. The number of nitrogens with zero attached hydrogens (tertiary/aromatic N) is 2. The van der Waals surface area contributed by atoms with Crippen LogP contribution in [0.15, 0.2) is 108 Å². The molecule has 1 N–H and O–H groups in total. The topological polar surface area (TPSA) is 86.8 Å². The predicted molar refractivity (Wildman–Crippen MR) is 171 cm³/mol. The maximum atomic E-state index is 14.5. The van der Waals surface area contributed by atoms with Crippen LogP contribution >= 0.6 is 0 Å². The van der Waals surface area contributed by atoms with E-state index in [9.17, 15) is 18.0 Å². The second-order valence-corrected chi connectivity index (χ2v) is 12.6. The van der Waals surface area contributed by atoms with Crippen LogP contribution < -0.4 is 9.62 Å². The van der Waals surface area contributed by atoms with Gasteiger partial charge in [0.2, 0.25) is 11.8 Å². The van der Waals surface area contributed by atoms with Gasteiger partial charge >= 0.3 is 0 Å². The minimum atomic E-state index is -4.13. The van der Waals surface area contributed by atoms with E-state index >= 15 is 0 Å². The number of sulfonamides is 1. The molecule has 0 aliphatic rings. The van der Waals surface area contributed by atoms with Crippen LogP contribution in [0.2, 0.25) is 0 Å². The lowest BCUT2D eigenvalue weighted by molar-refractivity contribution is -0.140. The summed E-state index contributed by atoms with van der Waals surface area (Å²) in [6.45, 7) is 7.58. The smallest absolute Gasteiger partial charge is 0.264 e. The molecule has 0 aliphatic carbocycles. The number of carbonyl (C=O) groups is 2. The van der Waals surface area contributed by atoms with Gasteiger partial charge in [-0.1, -0.05) is 90.5 Å². The van der Waals surface area contributed by atoms with Crippen molar-refractivity contribution in [3.05, 3.63) is 131 Å². The van der Waals surface area contributed by atoms with Crippen molar-refractivity contribution in [2.75, 3.05) is 17.4 Å². The average Bonchev–Trinajstić information content (AvgIpc) is 3.01. The Balaban J connectivity index is 1.81. The van der Waals surface area contributed by atoms with Crippen LogP contribution in [0.5, 0.6) is 0 Å². The predicted octanol–water partition coefficient (Wildman–Crippen LogP) is 5.58. The molecule has 1 atom stereocenters. The number of hydrogen-bond acceptors (Lipinski definition) is 4. The average molecular weight is 598 g/mol. The summed E-state index contributed by atoms with van der Waals surface area (Å²) in [7, 11) is -4.13. The molecule has 0 bridgehead atoms. The molecule has 0 saturated carbocycles. The first kappa shape index (κ1) is 31.5. The van der Waals surface area contributed by atoms with Crippen molar-refractivity contribution < 1.29 is 18.0 Å². The van der Waals surface area contributed by atoms with E-state index in [0.717, 1.165) is 22.3 Å². The molecule has 224 valence electrons. The van der Waals surface area contributed by atoms with Crippen molar-refractivity contribution in [1.29, 1.82) is 0 Å². The summed E-state index contributed by atoms with van der Waals surface area (Å²) in [6, 6.07) is 30.1. The third-order valence-electron chi connectivity index (χ3n) is 7.34. The lowest BCUT2D eigenvalue weighted by atomic mass is 10.0. The van der Waals surface area contributed by atoms with Gasteiger partial charge in [-0.2, -0.15) is 0 Å². The van der Waals surface area contributed by atoms with Gasteiger partial charge in [0.1, 0.15) is 12.6 Å². The highest BCUT2D eigenvalue weighted by molar-refractivity contribution is 7.92. The van der Waals surface area contributed by atoms with Gasteiger partial charge in [-0.3, -0.25) is 13.9 Å². The van der Waals surface area contributed by atoms with E-state index in [4.69, 9.17) is 0 Å². The fraction of sp³-hybridized carbons (Fsp3) is 0.257. The molecule has 8 heteroatoms. The van der Waals surface area contributed by atoms with Crippen LogP contribution in [0.4, 0.5) is 5.69 Å². The number of anilines is 1.